The van der Waals surface area contributed by atoms with Crippen LogP contribution in [0.3, 0.4) is 0 Å². The molecular formula is C24H15O3P. The SMILES string of the molecule is O=[PH](O)Oc1ccc(-c2cccc3c2-c2ccccc2-3)c2c1-c1ccccc1-2. The molecule has 0 saturated carbocycles. The number of benzene rings is 4. The van der Waals surface area contributed by atoms with Crippen LogP contribution in [-0.4, -0.2) is 4.89 Å². The van der Waals surface area contributed by atoms with Crippen LogP contribution >= 0.6 is 8.25 Å². The molecule has 4 aromatic rings. The molecule has 0 radical (unpaired) electrons. The van der Waals surface area contributed by atoms with Crippen LogP contribution in [-0.2, 0) is 4.57 Å². The molecule has 4 heteroatoms. The highest BCUT2D eigenvalue weighted by molar-refractivity contribution is 7.32. The normalized spacial score (nSPS) is 13.2. The second-order valence-electron chi connectivity index (χ2n) is 7.05. The largest absolute Gasteiger partial charge is 0.426 e. The Morgan fingerprint density at radius 3 is 1.71 bits per heavy atom. The summed E-state index contributed by atoms with van der Waals surface area (Å²) in [6.45, 7) is 0. The van der Waals surface area contributed by atoms with E-state index >= 15 is 0 Å². The fourth-order valence-corrected chi connectivity index (χ4v) is 4.91. The molecular weight excluding hydrogens is 367 g/mol. The molecule has 0 fully saturated rings. The van der Waals surface area contributed by atoms with Gasteiger partial charge in [0.1, 0.15) is 5.75 Å². The van der Waals surface area contributed by atoms with E-state index in [9.17, 15) is 9.46 Å². The first-order chi connectivity index (χ1) is 13.7. The highest BCUT2D eigenvalue weighted by Gasteiger charge is 2.32. The summed E-state index contributed by atoms with van der Waals surface area (Å²) in [7, 11) is -3.06. The fourth-order valence-electron chi connectivity index (χ4n) is 4.56. The Morgan fingerprint density at radius 2 is 1.04 bits per heavy atom. The topological polar surface area (TPSA) is 46.5 Å². The molecule has 0 spiro atoms. The van der Waals surface area contributed by atoms with Gasteiger partial charge in [0.05, 0.1) is 0 Å². The van der Waals surface area contributed by atoms with Gasteiger partial charge in [-0.05, 0) is 56.6 Å². The zero-order valence-electron chi connectivity index (χ0n) is 14.8. The number of rotatable bonds is 3. The van der Waals surface area contributed by atoms with E-state index in [1.807, 2.05) is 30.3 Å². The van der Waals surface area contributed by atoms with Crippen LogP contribution in [0, 0.1) is 0 Å². The molecule has 2 aliphatic carbocycles. The van der Waals surface area contributed by atoms with Gasteiger partial charge in [-0.3, -0.25) is 0 Å². The number of hydrogen-bond donors (Lipinski definition) is 1. The van der Waals surface area contributed by atoms with E-state index in [0.29, 0.717) is 5.75 Å². The first kappa shape index (κ1) is 15.9. The van der Waals surface area contributed by atoms with Crippen LogP contribution in [0.25, 0.3) is 55.6 Å². The first-order valence-corrected chi connectivity index (χ1v) is 10.4. The van der Waals surface area contributed by atoms with E-state index in [4.69, 9.17) is 4.52 Å². The molecule has 4 aromatic carbocycles. The minimum absolute atomic E-state index is 0.471. The van der Waals surface area contributed by atoms with Crippen molar-refractivity contribution in [2.45, 2.75) is 0 Å². The summed E-state index contributed by atoms with van der Waals surface area (Å²) in [6.07, 6.45) is 0. The summed E-state index contributed by atoms with van der Waals surface area (Å²) >= 11 is 0. The van der Waals surface area contributed by atoms with Gasteiger partial charge in [-0.1, -0.05) is 66.7 Å². The Labute approximate surface area is 162 Å². The molecule has 1 unspecified atom stereocenters. The van der Waals surface area contributed by atoms with Gasteiger partial charge in [-0.2, -0.15) is 0 Å². The molecule has 0 bridgehead atoms. The van der Waals surface area contributed by atoms with Crippen molar-refractivity contribution in [3.05, 3.63) is 78.9 Å². The molecule has 3 nitrogen and oxygen atoms in total. The summed E-state index contributed by atoms with van der Waals surface area (Å²) in [6, 6.07) is 26.8. The Kier molecular flexibility index (Phi) is 3.22. The quantitative estimate of drug-likeness (QED) is 0.360. The fraction of sp³-hybridized carbons (Fsp3) is 0. The minimum atomic E-state index is -3.06. The van der Waals surface area contributed by atoms with Gasteiger partial charge >= 0.3 is 8.25 Å². The highest BCUT2D eigenvalue weighted by atomic mass is 31.1. The van der Waals surface area contributed by atoms with Crippen molar-refractivity contribution in [2.24, 2.45) is 0 Å². The van der Waals surface area contributed by atoms with Crippen LogP contribution in [0.15, 0.2) is 78.9 Å². The monoisotopic (exact) mass is 382 g/mol. The molecule has 134 valence electrons. The molecule has 2 aliphatic rings. The summed E-state index contributed by atoms with van der Waals surface area (Å²) < 4.78 is 16.6. The number of hydrogen-bond acceptors (Lipinski definition) is 2. The maximum absolute atomic E-state index is 11.3. The van der Waals surface area contributed by atoms with Gasteiger partial charge in [-0.15, -0.1) is 0 Å². The summed E-state index contributed by atoms with van der Waals surface area (Å²) in [5.41, 5.74) is 11.7. The molecule has 0 heterocycles. The van der Waals surface area contributed by atoms with Crippen molar-refractivity contribution in [3.63, 3.8) is 0 Å². The third-order valence-electron chi connectivity index (χ3n) is 5.67. The molecule has 28 heavy (non-hydrogen) atoms. The lowest BCUT2D eigenvalue weighted by atomic mass is 9.72. The zero-order valence-corrected chi connectivity index (χ0v) is 15.8. The van der Waals surface area contributed by atoms with Crippen LogP contribution in [0.1, 0.15) is 0 Å². The van der Waals surface area contributed by atoms with Crippen molar-refractivity contribution in [1.29, 1.82) is 0 Å². The second-order valence-corrected chi connectivity index (χ2v) is 7.78. The van der Waals surface area contributed by atoms with Crippen molar-refractivity contribution in [2.75, 3.05) is 0 Å². The minimum Gasteiger partial charge on any atom is -0.426 e. The van der Waals surface area contributed by atoms with E-state index in [2.05, 4.69) is 48.5 Å². The van der Waals surface area contributed by atoms with Gasteiger partial charge < -0.3 is 9.42 Å². The van der Waals surface area contributed by atoms with Gasteiger partial charge in [0.25, 0.3) is 0 Å². The first-order valence-electron chi connectivity index (χ1n) is 9.15. The molecule has 0 aliphatic heterocycles. The maximum Gasteiger partial charge on any atom is 0.365 e. The van der Waals surface area contributed by atoms with Crippen molar-refractivity contribution in [1.82, 2.24) is 0 Å². The van der Waals surface area contributed by atoms with E-state index in [0.717, 1.165) is 27.8 Å². The van der Waals surface area contributed by atoms with Crippen LogP contribution < -0.4 is 4.52 Å². The predicted molar refractivity (Wildman–Crippen MR) is 113 cm³/mol. The average Bonchev–Trinajstić information content (AvgIpc) is 2.68. The Balaban J connectivity index is 1.60. The van der Waals surface area contributed by atoms with Gasteiger partial charge in [0, 0.05) is 11.1 Å². The smallest absolute Gasteiger partial charge is 0.365 e. The Hall–Kier alpha value is -3.13. The van der Waals surface area contributed by atoms with Crippen molar-refractivity contribution < 1.29 is 14.0 Å². The second kappa shape index (κ2) is 5.68. The highest BCUT2D eigenvalue weighted by Crippen LogP contribution is 2.59. The van der Waals surface area contributed by atoms with Crippen molar-refractivity contribution >= 4 is 8.25 Å². The maximum atomic E-state index is 11.3. The van der Waals surface area contributed by atoms with Crippen LogP contribution in [0.2, 0.25) is 0 Å². The number of fused-ring (bicyclic) bond motifs is 8. The van der Waals surface area contributed by atoms with E-state index in [1.165, 1.54) is 27.8 Å². The standard InChI is InChI=1S/C24H15O3P/c25-28(26)27-21-13-12-20(23-18-8-3-4-9-19(18)24(21)23)17-11-5-10-16-14-6-1-2-7-15(14)22(16)17/h1-13,28H,(H,25,26). The zero-order chi connectivity index (χ0) is 18.8. The van der Waals surface area contributed by atoms with Gasteiger partial charge in [0.15, 0.2) is 0 Å². The summed E-state index contributed by atoms with van der Waals surface area (Å²) in [5.74, 6) is 0.471. The predicted octanol–water partition coefficient (Wildman–Crippen LogP) is 6.41. The third kappa shape index (κ3) is 2.00. The van der Waals surface area contributed by atoms with E-state index in [-0.39, 0.29) is 0 Å². The third-order valence-corrected chi connectivity index (χ3v) is 6.07. The van der Waals surface area contributed by atoms with Gasteiger partial charge in [0.2, 0.25) is 0 Å². The average molecular weight is 382 g/mol. The molecule has 6 rings (SSSR count). The molecule has 0 saturated heterocycles. The van der Waals surface area contributed by atoms with E-state index in [1.54, 1.807) is 0 Å². The Morgan fingerprint density at radius 1 is 0.536 bits per heavy atom. The summed E-state index contributed by atoms with van der Waals surface area (Å²) in [5, 5.41) is 0. The molecule has 0 amide bonds. The van der Waals surface area contributed by atoms with E-state index < -0.39 is 8.25 Å². The van der Waals surface area contributed by atoms with Crippen molar-refractivity contribution in [3.8, 4) is 61.4 Å². The molecule has 1 N–H and O–H groups in total. The van der Waals surface area contributed by atoms with Crippen LogP contribution in [0.5, 0.6) is 5.75 Å². The lowest BCUT2D eigenvalue weighted by Crippen LogP contribution is -2.05. The van der Waals surface area contributed by atoms with Crippen LogP contribution in [0.4, 0.5) is 0 Å². The lowest BCUT2D eigenvalue weighted by molar-refractivity contribution is 0.411. The van der Waals surface area contributed by atoms with Gasteiger partial charge in [-0.25, -0.2) is 4.57 Å². The lowest BCUT2D eigenvalue weighted by Gasteiger charge is -2.32. The molecule has 0 aromatic heterocycles. The molecule has 1 atom stereocenters. The Bertz CT molecular complexity index is 1320. The summed E-state index contributed by atoms with van der Waals surface area (Å²) in [4.78, 5) is 9.30.